The number of anilines is 1. The highest BCUT2D eigenvalue weighted by atomic mass is 79.9. The fourth-order valence-electron chi connectivity index (χ4n) is 0.892. The van der Waals surface area contributed by atoms with Gasteiger partial charge in [0.05, 0.1) is 11.8 Å². The second kappa shape index (κ2) is 4.45. The third-order valence-electron chi connectivity index (χ3n) is 1.97. The number of halogens is 1. The SMILES string of the molecule is CC(C)(C#N)C(=O)Nc1ccccc1Br. The first-order valence-corrected chi connectivity index (χ1v) is 5.24. The van der Waals surface area contributed by atoms with Crippen LogP contribution < -0.4 is 5.32 Å². The van der Waals surface area contributed by atoms with Crippen molar-refractivity contribution in [2.45, 2.75) is 13.8 Å². The Morgan fingerprint density at radius 1 is 1.47 bits per heavy atom. The number of hydrogen-bond acceptors (Lipinski definition) is 2. The lowest BCUT2D eigenvalue weighted by Crippen LogP contribution is -2.29. The van der Waals surface area contributed by atoms with Crippen LogP contribution in [0.4, 0.5) is 5.69 Å². The maximum Gasteiger partial charge on any atom is 0.244 e. The van der Waals surface area contributed by atoms with E-state index in [0.717, 1.165) is 4.47 Å². The number of carbonyl (C=O) groups is 1. The molecule has 1 aromatic carbocycles. The van der Waals surface area contributed by atoms with Crippen LogP contribution in [0.25, 0.3) is 0 Å². The van der Waals surface area contributed by atoms with Crippen molar-refractivity contribution in [2.24, 2.45) is 5.41 Å². The predicted octanol–water partition coefficient (Wildman–Crippen LogP) is 2.94. The van der Waals surface area contributed by atoms with Gasteiger partial charge in [0.15, 0.2) is 0 Å². The van der Waals surface area contributed by atoms with Crippen LogP contribution in [0, 0.1) is 16.7 Å². The smallest absolute Gasteiger partial charge is 0.244 e. The number of amides is 1. The summed E-state index contributed by atoms with van der Waals surface area (Å²) in [6.45, 7) is 3.17. The monoisotopic (exact) mass is 266 g/mol. The fourth-order valence-corrected chi connectivity index (χ4v) is 1.28. The highest BCUT2D eigenvalue weighted by molar-refractivity contribution is 9.10. The summed E-state index contributed by atoms with van der Waals surface area (Å²) in [5, 5.41) is 11.5. The summed E-state index contributed by atoms with van der Waals surface area (Å²) in [6, 6.07) is 9.23. The molecule has 4 heteroatoms. The van der Waals surface area contributed by atoms with Gasteiger partial charge in [-0.2, -0.15) is 5.26 Å². The lowest BCUT2D eigenvalue weighted by atomic mass is 9.95. The molecular formula is C11H11BrN2O. The van der Waals surface area contributed by atoms with Gasteiger partial charge in [0.25, 0.3) is 0 Å². The quantitative estimate of drug-likeness (QED) is 0.895. The van der Waals surface area contributed by atoms with Gasteiger partial charge in [-0.15, -0.1) is 0 Å². The zero-order valence-electron chi connectivity index (χ0n) is 8.54. The van der Waals surface area contributed by atoms with Gasteiger partial charge in [-0.05, 0) is 41.9 Å². The molecule has 78 valence electrons. The molecule has 0 spiro atoms. The maximum absolute atomic E-state index is 11.7. The molecule has 1 amide bonds. The van der Waals surface area contributed by atoms with E-state index in [1.165, 1.54) is 0 Å². The van der Waals surface area contributed by atoms with Crippen molar-refractivity contribution in [2.75, 3.05) is 5.32 Å². The van der Waals surface area contributed by atoms with Crippen LogP contribution in [-0.4, -0.2) is 5.91 Å². The number of nitriles is 1. The van der Waals surface area contributed by atoms with E-state index in [0.29, 0.717) is 5.69 Å². The second-order valence-corrected chi connectivity index (χ2v) is 4.53. The van der Waals surface area contributed by atoms with E-state index in [4.69, 9.17) is 5.26 Å². The molecule has 0 bridgehead atoms. The molecule has 0 fully saturated rings. The van der Waals surface area contributed by atoms with Gasteiger partial charge in [-0.3, -0.25) is 4.79 Å². The zero-order valence-corrected chi connectivity index (χ0v) is 10.1. The van der Waals surface area contributed by atoms with Crippen LogP contribution in [0.1, 0.15) is 13.8 Å². The molecule has 3 nitrogen and oxygen atoms in total. The molecule has 0 atom stereocenters. The number of hydrogen-bond donors (Lipinski definition) is 1. The average molecular weight is 267 g/mol. The standard InChI is InChI=1S/C11H11BrN2O/c1-11(2,7-13)10(15)14-9-6-4-3-5-8(9)12/h3-6H,1-2H3,(H,14,15). The van der Waals surface area contributed by atoms with Crippen molar-refractivity contribution < 1.29 is 4.79 Å². The summed E-state index contributed by atoms with van der Waals surface area (Å²) >= 11 is 3.32. The topological polar surface area (TPSA) is 52.9 Å². The van der Waals surface area contributed by atoms with Gasteiger partial charge < -0.3 is 5.32 Å². The third-order valence-corrected chi connectivity index (χ3v) is 2.66. The highest BCUT2D eigenvalue weighted by Crippen LogP contribution is 2.24. The summed E-state index contributed by atoms with van der Waals surface area (Å²) < 4.78 is 0.798. The first-order chi connectivity index (χ1) is 6.97. The summed E-state index contributed by atoms with van der Waals surface area (Å²) in [6.07, 6.45) is 0. The Labute approximate surface area is 97.2 Å². The maximum atomic E-state index is 11.7. The van der Waals surface area contributed by atoms with Gasteiger partial charge in [0.2, 0.25) is 5.91 Å². The third kappa shape index (κ3) is 2.80. The summed E-state index contributed by atoms with van der Waals surface area (Å²) in [4.78, 5) is 11.7. The molecule has 0 aliphatic rings. The van der Waals surface area contributed by atoms with Crippen molar-refractivity contribution >= 4 is 27.5 Å². The summed E-state index contributed by atoms with van der Waals surface area (Å²) in [7, 11) is 0. The Morgan fingerprint density at radius 3 is 2.60 bits per heavy atom. The van der Waals surface area contributed by atoms with Crippen molar-refractivity contribution in [3.05, 3.63) is 28.7 Å². The first kappa shape index (κ1) is 11.7. The van der Waals surface area contributed by atoms with E-state index in [2.05, 4.69) is 21.2 Å². The van der Waals surface area contributed by atoms with Gasteiger partial charge in [0, 0.05) is 4.47 Å². The molecular weight excluding hydrogens is 256 g/mol. The van der Waals surface area contributed by atoms with Gasteiger partial charge in [-0.1, -0.05) is 12.1 Å². The summed E-state index contributed by atoms with van der Waals surface area (Å²) in [5.74, 6) is -0.308. The van der Waals surface area contributed by atoms with E-state index < -0.39 is 5.41 Å². The fraction of sp³-hybridized carbons (Fsp3) is 0.273. The van der Waals surface area contributed by atoms with Crippen LogP contribution in [0.3, 0.4) is 0 Å². The molecule has 0 heterocycles. The Kier molecular flexibility index (Phi) is 3.48. The number of benzene rings is 1. The minimum Gasteiger partial charge on any atom is -0.324 e. The van der Waals surface area contributed by atoms with Crippen LogP contribution in [0.5, 0.6) is 0 Å². The van der Waals surface area contributed by atoms with E-state index in [9.17, 15) is 4.79 Å². The number of para-hydroxylation sites is 1. The van der Waals surface area contributed by atoms with Crippen LogP contribution in [-0.2, 0) is 4.79 Å². The Bertz CT molecular complexity index is 421. The Morgan fingerprint density at radius 2 is 2.07 bits per heavy atom. The first-order valence-electron chi connectivity index (χ1n) is 4.44. The highest BCUT2D eigenvalue weighted by Gasteiger charge is 2.27. The molecule has 0 unspecified atom stereocenters. The van der Waals surface area contributed by atoms with Crippen LogP contribution in [0.15, 0.2) is 28.7 Å². The number of nitrogens with one attached hydrogen (secondary N) is 1. The van der Waals surface area contributed by atoms with E-state index >= 15 is 0 Å². The van der Waals surface area contributed by atoms with E-state index in [-0.39, 0.29) is 5.91 Å². The van der Waals surface area contributed by atoms with E-state index in [1.54, 1.807) is 19.9 Å². The zero-order chi connectivity index (χ0) is 11.5. The molecule has 0 aromatic heterocycles. The number of carbonyl (C=O) groups excluding carboxylic acids is 1. The molecule has 0 saturated carbocycles. The van der Waals surface area contributed by atoms with Gasteiger partial charge in [-0.25, -0.2) is 0 Å². The second-order valence-electron chi connectivity index (χ2n) is 3.67. The van der Waals surface area contributed by atoms with Crippen molar-refractivity contribution in [1.29, 1.82) is 5.26 Å². The molecule has 0 aliphatic carbocycles. The Balaban J connectivity index is 2.86. The van der Waals surface area contributed by atoms with E-state index in [1.807, 2.05) is 24.3 Å². The lowest BCUT2D eigenvalue weighted by molar-refractivity contribution is -0.121. The molecule has 0 saturated heterocycles. The molecule has 1 aromatic rings. The Hall–Kier alpha value is -1.34. The molecule has 0 aliphatic heterocycles. The minimum absolute atomic E-state index is 0.308. The van der Waals surface area contributed by atoms with Crippen LogP contribution >= 0.6 is 15.9 Å². The number of rotatable bonds is 2. The largest absolute Gasteiger partial charge is 0.324 e. The predicted molar refractivity (Wildman–Crippen MR) is 62.2 cm³/mol. The minimum atomic E-state index is -1.02. The summed E-state index contributed by atoms with van der Waals surface area (Å²) in [5.41, 5.74) is -0.347. The molecule has 15 heavy (non-hydrogen) atoms. The van der Waals surface area contributed by atoms with Crippen LogP contribution in [0.2, 0.25) is 0 Å². The van der Waals surface area contributed by atoms with Gasteiger partial charge in [0.1, 0.15) is 5.41 Å². The molecule has 1 N–H and O–H groups in total. The van der Waals surface area contributed by atoms with Gasteiger partial charge >= 0.3 is 0 Å². The molecule has 0 radical (unpaired) electrons. The normalized spacial score (nSPS) is 10.5. The van der Waals surface area contributed by atoms with Crippen molar-refractivity contribution in [3.63, 3.8) is 0 Å². The number of nitrogens with zero attached hydrogens (tertiary/aromatic N) is 1. The van der Waals surface area contributed by atoms with Crippen molar-refractivity contribution in [3.8, 4) is 6.07 Å². The molecule has 1 rings (SSSR count). The average Bonchev–Trinajstić information content (AvgIpc) is 2.21. The lowest BCUT2D eigenvalue weighted by Gasteiger charge is -2.15. The van der Waals surface area contributed by atoms with Crippen molar-refractivity contribution in [1.82, 2.24) is 0 Å².